The summed E-state index contributed by atoms with van der Waals surface area (Å²) < 4.78 is 0. The van der Waals surface area contributed by atoms with Gasteiger partial charge < -0.3 is 9.80 Å². The maximum Gasteiger partial charge on any atom is 0.0462 e. The monoisotopic (exact) mass is 576 g/mol. The first-order valence-corrected chi connectivity index (χ1v) is 15.7. The van der Waals surface area contributed by atoms with Crippen LogP contribution >= 0.6 is 0 Å². The largest absolute Gasteiger partial charge is 0.311 e. The van der Waals surface area contributed by atoms with Crippen LogP contribution in [0.1, 0.15) is 38.8 Å². The summed E-state index contributed by atoms with van der Waals surface area (Å²) in [4.78, 5) is 4.59. The Hall–Kier alpha value is -5.08. The molecule has 0 aliphatic carbocycles. The molecular weight excluding hydrogens is 532 g/mol. The number of rotatable bonds is 7. The molecule has 0 aliphatic rings. The Kier molecular flexibility index (Phi) is 11.5. The highest BCUT2D eigenvalue weighted by Crippen LogP contribution is 2.37. The normalized spacial score (nSPS) is 10.0. The summed E-state index contributed by atoms with van der Waals surface area (Å²) in [6, 6.07) is 56.1. The van der Waals surface area contributed by atoms with E-state index in [-0.39, 0.29) is 0 Å². The molecule has 0 radical (unpaired) electrons. The van der Waals surface area contributed by atoms with Crippen molar-refractivity contribution in [2.24, 2.45) is 0 Å². The first-order chi connectivity index (χ1) is 21.7. The van der Waals surface area contributed by atoms with Crippen LogP contribution in [0.4, 0.5) is 34.1 Å². The maximum atomic E-state index is 2.30. The Morgan fingerprint density at radius 3 is 0.773 bits per heavy atom. The van der Waals surface area contributed by atoms with Crippen molar-refractivity contribution >= 4 is 34.1 Å². The molecule has 2 nitrogen and oxygen atoms in total. The molecule has 0 atom stereocenters. The minimum Gasteiger partial charge on any atom is -0.311 e. The molecule has 6 aromatic carbocycles. The Labute approximate surface area is 264 Å². The van der Waals surface area contributed by atoms with E-state index in [0.717, 1.165) is 34.1 Å². The SMILES string of the molecule is CC.CC.Cc1ccc(N(c2ccccc2)c2ccc(-c3ccc(N(c4ccccc4)c4ccc(C)cc4)cc3)cc2)cc1. The van der Waals surface area contributed by atoms with Gasteiger partial charge in [-0.25, -0.2) is 0 Å². The predicted octanol–water partition coefficient (Wildman–Crippen LogP) is 13.0. The molecule has 6 rings (SSSR count). The molecule has 0 aliphatic heterocycles. The fourth-order valence-corrected chi connectivity index (χ4v) is 5.04. The summed E-state index contributed by atoms with van der Waals surface area (Å²) >= 11 is 0. The third-order valence-corrected chi connectivity index (χ3v) is 7.20. The van der Waals surface area contributed by atoms with Crippen LogP contribution in [0.3, 0.4) is 0 Å². The van der Waals surface area contributed by atoms with Gasteiger partial charge in [0.1, 0.15) is 0 Å². The number of para-hydroxylation sites is 2. The molecule has 0 aromatic heterocycles. The van der Waals surface area contributed by atoms with Crippen molar-refractivity contribution in [3.05, 3.63) is 169 Å². The van der Waals surface area contributed by atoms with Gasteiger partial charge in [-0.05, 0) is 97.8 Å². The van der Waals surface area contributed by atoms with Gasteiger partial charge in [0.05, 0.1) is 0 Å². The Balaban J connectivity index is 0.00000106. The molecule has 0 saturated carbocycles. The lowest BCUT2D eigenvalue weighted by molar-refractivity contribution is 1.27. The number of nitrogens with zero attached hydrogens (tertiary/aromatic N) is 2. The van der Waals surface area contributed by atoms with Gasteiger partial charge >= 0.3 is 0 Å². The molecule has 0 bridgehead atoms. The fraction of sp³-hybridized carbons (Fsp3) is 0.143. The van der Waals surface area contributed by atoms with Crippen LogP contribution in [-0.2, 0) is 0 Å². The van der Waals surface area contributed by atoms with Crippen molar-refractivity contribution in [1.82, 2.24) is 0 Å². The molecule has 0 amide bonds. The molecule has 0 saturated heterocycles. The van der Waals surface area contributed by atoms with E-state index in [0.29, 0.717) is 0 Å². The number of hydrogen-bond donors (Lipinski definition) is 0. The average Bonchev–Trinajstić information content (AvgIpc) is 3.10. The maximum absolute atomic E-state index is 2.30. The third kappa shape index (κ3) is 7.65. The molecule has 0 heterocycles. The van der Waals surface area contributed by atoms with Crippen molar-refractivity contribution in [1.29, 1.82) is 0 Å². The van der Waals surface area contributed by atoms with E-state index in [1.807, 2.05) is 27.7 Å². The van der Waals surface area contributed by atoms with Crippen LogP contribution in [0, 0.1) is 13.8 Å². The summed E-state index contributed by atoms with van der Waals surface area (Å²) in [6.45, 7) is 12.2. The van der Waals surface area contributed by atoms with Gasteiger partial charge in [-0.15, -0.1) is 0 Å². The quantitative estimate of drug-likeness (QED) is 0.186. The second-order valence-corrected chi connectivity index (χ2v) is 10.1. The van der Waals surface area contributed by atoms with Crippen LogP contribution in [0.2, 0.25) is 0 Å². The fourth-order valence-electron chi connectivity index (χ4n) is 5.04. The van der Waals surface area contributed by atoms with E-state index in [9.17, 15) is 0 Å². The van der Waals surface area contributed by atoms with Crippen LogP contribution < -0.4 is 9.80 Å². The highest BCUT2D eigenvalue weighted by atomic mass is 15.1. The second kappa shape index (κ2) is 16.0. The lowest BCUT2D eigenvalue weighted by Crippen LogP contribution is -2.10. The predicted molar refractivity (Wildman–Crippen MR) is 193 cm³/mol. The van der Waals surface area contributed by atoms with Gasteiger partial charge in [0, 0.05) is 34.1 Å². The van der Waals surface area contributed by atoms with E-state index in [1.54, 1.807) is 0 Å². The molecule has 222 valence electrons. The minimum atomic E-state index is 1.13. The van der Waals surface area contributed by atoms with Crippen LogP contribution in [0.5, 0.6) is 0 Å². The average molecular weight is 577 g/mol. The van der Waals surface area contributed by atoms with Crippen LogP contribution in [-0.4, -0.2) is 0 Å². The standard InChI is InChI=1S/C38H32N2.2C2H6/c1-29-13-21-35(22-14-29)39(33-9-5-3-6-10-33)37-25-17-31(18-26-37)32-19-27-38(28-20-32)40(34-11-7-4-8-12-34)36-23-15-30(2)16-24-36;2*1-2/h3-28H,1-2H3;2*1-2H3. The number of aryl methyl sites for hydroxylation is 2. The molecule has 0 N–H and O–H groups in total. The molecular formula is C42H44N2. The summed E-state index contributed by atoms with van der Waals surface area (Å²) in [7, 11) is 0. The van der Waals surface area contributed by atoms with E-state index in [2.05, 4.69) is 181 Å². The van der Waals surface area contributed by atoms with Crippen LogP contribution in [0.25, 0.3) is 11.1 Å². The first kappa shape index (κ1) is 31.8. The zero-order chi connectivity index (χ0) is 31.3. The van der Waals surface area contributed by atoms with Gasteiger partial charge in [0.25, 0.3) is 0 Å². The third-order valence-electron chi connectivity index (χ3n) is 7.20. The Morgan fingerprint density at radius 1 is 0.273 bits per heavy atom. The van der Waals surface area contributed by atoms with Gasteiger partial charge in [0.15, 0.2) is 0 Å². The molecule has 2 heteroatoms. The first-order valence-electron chi connectivity index (χ1n) is 15.7. The number of benzene rings is 6. The topological polar surface area (TPSA) is 6.48 Å². The van der Waals surface area contributed by atoms with Gasteiger partial charge in [-0.1, -0.05) is 124 Å². The van der Waals surface area contributed by atoms with E-state index < -0.39 is 0 Å². The molecule has 44 heavy (non-hydrogen) atoms. The lowest BCUT2D eigenvalue weighted by Gasteiger charge is -2.26. The zero-order valence-corrected chi connectivity index (χ0v) is 26.9. The van der Waals surface area contributed by atoms with Crippen molar-refractivity contribution < 1.29 is 0 Å². The number of hydrogen-bond acceptors (Lipinski definition) is 2. The highest BCUT2D eigenvalue weighted by Gasteiger charge is 2.14. The highest BCUT2D eigenvalue weighted by molar-refractivity contribution is 5.80. The molecule has 0 fully saturated rings. The van der Waals surface area contributed by atoms with E-state index in [4.69, 9.17) is 0 Å². The lowest BCUT2D eigenvalue weighted by atomic mass is 10.0. The second-order valence-electron chi connectivity index (χ2n) is 10.1. The summed E-state index contributed by atoms with van der Waals surface area (Å²) in [5.74, 6) is 0. The van der Waals surface area contributed by atoms with Crippen molar-refractivity contribution in [3.8, 4) is 11.1 Å². The van der Waals surface area contributed by atoms with Crippen molar-refractivity contribution in [2.75, 3.05) is 9.80 Å². The van der Waals surface area contributed by atoms with E-state index >= 15 is 0 Å². The molecule has 0 spiro atoms. The van der Waals surface area contributed by atoms with Crippen molar-refractivity contribution in [3.63, 3.8) is 0 Å². The smallest absolute Gasteiger partial charge is 0.0462 e. The summed E-state index contributed by atoms with van der Waals surface area (Å²) in [5.41, 5.74) is 11.7. The Morgan fingerprint density at radius 2 is 0.500 bits per heavy atom. The number of anilines is 6. The summed E-state index contributed by atoms with van der Waals surface area (Å²) in [6.07, 6.45) is 0. The van der Waals surface area contributed by atoms with E-state index in [1.165, 1.54) is 22.3 Å². The minimum absolute atomic E-state index is 1.13. The Bertz CT molecular complexity index is 1520. The van der Waals surface area contributed by atoms with Gasteiger partial charge in [-0.2, -0.15) is 0 Å². The van der Waals surface area contributed by atoms with Crippen molar-refractivity contribution in [2.45, 2.75) is 41.5 Å². The van der Waals surface area contributed by atoms with Gasteiger partial charge in [0.2, 0.25) is 0 Å². The molecule has 0 unspecified atom stereocenters. The molecule has 6 aromatic rings. The zero-order valence-electron chi connectivity index (χ0n) is 26.9. The summed E-state index contributed by atoms with van der Waals surface area (Å²) in [5, 5.41) is 0. The van der Waals surface area contributed by atoms with Gasteiger partial charge in [-0.3, -0.25) is 0 Å². The van der Waals surface area contributed by atoms with Crippen LogP contribution in [0.15, 0.2) is 158 Å².